The third-order valence-corrected chi connectivity index (χ3v) is 3.47. The second-order valence-electron chi connectivity index (χ2n) is 4.29. The van der Waals surface area contributed by atoms with Gasteiger partial charge in [-0.25, -0.2) is 0 Å². The summed E-state index contributed by atoms with van der Waals surface area (Å²) in [6, 6.07) is 8.25. The Labute approximate surface area is 104 Å². The van der Waals surface area contributed by atoms with Crippen molar-refractivity contribution in [1.29, 1.82) is 0 Å². The minimum absolute atomic E-state index is 0.748. The predicted octanol–water partition coefficient (Wildman–Crippen LogP) is 4.30. The van der Waals surface area contributed by atoms with Crippen LogP contribution in [0.1, 0.15) is 32.3 Å². The molecule has 0 saturated heterocycles. The van der Waals surface area contributed by atoms with Crippen molar-refractivity contribution in [3.63, 3.8) is 0 Å². The predicted molar refractivity (Wildman–Crippen MR) is 73.5 cm³/mol. The highest BCUT2D eigenvalue weighted by Gasteiger charge is 1.96. The zero-order valence-corrected chi connectivity index (χ0v) is 11.3. The highest BCUT2D eigenvalue weighted by molar-refractivity contribution is 7.99. The molecule has 1 nitrogen and oxygen atoms in total. The number of hydrogen-bond donors (Lipinski definition) is 0. The van der Waals surface area contributed by atoms with E-state index in [0.29, 0.717) is 0 Å². The minimum Gasteiger partial charge on any atom is -0.494 e. The first-order chi connectivity index (χ1) is 7.68. The van der Waals surface area contributed by atoms with Crippen LogP contribution in [0.25, 0.3) is 0 Å². The standard InChI is InChI=1S/C14H22OS/c1-12(2)16-11-5-4-10-15-14-8-6-13(3)7-9-14/h6-9,12H,4-5,10-11H2,1-3H3. The van der Waals surface area contributed by atoms with Gasteiger partial charge in [-0.15, -0.1) is 0 Å². The van der Waals surface area contributed by atoms with Crippen molar-refractivity contribution < 1.29 is 4.74 Å². The van der Waals surface area contributed by atoms with Gasteiger partial charge in [-0.3, -0.25) is 0 Å². The van der Waals surface area contributed by atoms with Crippen LogP contribution in [-0.4, -0.2) is 17.6 Å². The van der Waals surface area contributed by atoms with Gasteiger partial charge in [0, 0.05) is 0 Å². The number of rotatable bonds is 7. The Balaban J connectivity index is 2.05. The second kappa shape index (κ2) is 7.61. The van der Waals surface area contributed by atoms with E-state index in [1.165, 1.54) is 17.7 Å². The zero-order chi connectivity index (χ0) is 11.8. The van der Waals surface area contributed by atoms with Gasteiger partial charge in [-0.1, -0.05) is 31.5 Å². The fraction of sp³-hybridized carbons (Fsp3) is 0.571. The van der Waals surface area contributed by atoms with Crippen molar-refractivity contribution in [3.05, 3.63) is 29.8 Å². The molecule has 0 aliphatic carbocycles. The molecule has 0 unspecified atom stereocenters. The van der Waals surface area contributed by atoms with Crippen LogP contribution >= 0.6 is 11.8 Å². The highest BCUT2D eigenvalue weighted by atomic mass is 32.2. The Bertz CT molecular complexity index is 279. The molecule has 0 aliphatic heterocycles. The Kier molecular flexibility index (Phi) is 6.39. The van der Waals surface area contributed by atoms with E-state index in [-0.39, 0.29) is 0 Å². The molecular weight excluding hydrogens is 216 g/mol. The molecule has 0 atom stereocenters. The first kappa shape index (κ1) is 13.4. The monoisotopic (exact) mass is 238 g/mol. The van der Waals surface area contributed by atoms with Gasteiger partial charge >= 0.3 is 0 Å². The van der Waals surface area contributed by atoms with E-state index in [1.54, 1.807) is 0 Å². The lowest BCUT2D eigenvalue weighted by Crippen LogP contribution is -1.98. The summed E-state index contributed by atoms with van der Waals surface area (Å²) >= 11 is 2.02. The first-order valence-electron chi connectivity index (χ1n) is 5.99. The molecule has 90 valence electrons. The van der Waals surface area contributed by atoms with Crippen molar-refractivity contribution in [2.24, 2.45) is 0 Å². The summed E-state index contributed by atoms with van der Waals surface area (Å²) in [5.74, 6) is 2.23. The molecule has 0 N–H and O–H groups in total. The van der Waals surface area contributed by atoms with Gasteiger partial charge in [0.25, 0.3) is 0 Å². The third kappa shape index (κ3) is 6.06. The molecule has 1 rings (SSSR count). The van der Waals surface area contributed by atoms with Crippen LogP contribution in [0.4, 0.5) is 0 Å². The summed E-state index contributed by atoms with van der Waals surface area (Å²) in [7, 11) is 0. The van der Waals surface area contributed by atoms with E-state index in [9.17, 15) is 0 Å². The molecule has 0 radical (unpaired) electrons. The van der Waals surface area contributed by atoms with Gasteiger partial charge in [-0.05, 0) is 42.9 Å². The minimum atomic E-state index is 0.748. The summed E-state index contributed by atoms with van der Waals surface area (Å²) < 4.78 is 5.66. The largest absolute Gasteiger partial charge is 0.494 e. The topological polar surface area (TPSA) is 9.23 Å². The van der Waals surface area contributed by atoms with Crippen molar-refractivity contribution in [1.82, 2.24) is 0 Å². The molecule has 1 aromatic rings. The van der Waals surface area contributed by atoms with Gasteiger partial charge in [0.1, 0.15) is 5.75 Å². The van der Waals surface area contributed by atoms with Crippen LogP contribution in [-0.2, 0) is 0 Å². The van der Waals surface area contributed by atoms with E-state index in [2.05, 4.69) is 32.9 Å². The lowest BCUT2D eigenvalue weighted by atomic mass is 10.2. The van der Waals surface area contributed by atoms with E-state index in [1.807, 2.05) is 23.9 Å². The number of benzene rings is 1. The summed E-state index contributed by atoms with van der Waals surface area (Å²) in [6.07, 6.45) is 2.39. The number of unbranched alkanes of at least 4 members (excludes halogenated alkanes) is 1. The molecule has 1 aromatic carbocycles. The Hall–Kier alpha value is -0.630. The van der Waals surface area contributed by atoms with E-state index >= 15 is 0 Å². The van der Waals surface area contributed by atoms with Crippen molar-refractivity contribution >= 4 is 11.8 Å². The maximum absolute atomic E-state index is 5.66. The average Bonchev–Trinajstić information content (AvgIpc) is 2.25. The van der Waals surface area contributed by atoms with Crippen LogP contribution in [0.15, 0.2) is 24.3 Å². The summed E-state index contributed by atoms with van der Waals surface area (Å²) in [4.78, 5) is 0. The van der Waals surface area contributed by atoms with Crippen molar-refractivity contribution in [2.45, 2.75) is 38.9 Å². The van der Waals surface area contributed by atoms with Crippen LogP contribution in [0.2, 0.25) is 0 Å². The molecule has 0 amide bonds. The van der Waals surface area contributed by atoms with Gasteiger partial charge < -0.3 is 4.74 Å². The first-order valence-corrected chi connectivity index (χ1v) is 7.04. The number of aryl methyl sites for hydroxylation is 1. The summed E-state index contributed by atoms with van der Waals surface area (Å²) in [6.45, 7) is 7.41. The van der Waals surface area contributed by atoms with Gasteiger partial charge in [0.15, 0.2) is 0 Å². The van der Waals surface area contributed by atoms with Crippen LogP contribution in [0.5, 0.6) is 5.75 Å². The molecule has 0 heterocycles. The summed E-state index contributed by atoms with van der Waals surface area (Å²) in [5, 5.41) is 0.748. The van der Waals surface area contributed by atoms with Crippen LogP contribution < -0.4 is 4.74 Å². The Morgan fingerprint density at radius 2 is 1.81 bits per heavy atom. The molecule has 0 spiro atoms. The highest BCUT2D eigenvalue weighted by Crippen LogP contribution is 2.13. The summed E-state index contributed by atoms with van der Waals surface area (Å²) in [5.41, 5.74) is 1.28. The molecule has 0 aromatic heterocycles. The molecular formula is C14H22OS. The lowest BCUT2D eigenvalue weighted by molar-refractivity contribution is 0.310. The second-order valence-corrected chi connectivity index (χ2v) is 5.97. The molecule has 0 saturated carbocycles. The molecule has 16 heavy (non-hydrogen) atoms. The Morgan fingerprint density at radius 3 is 2.44 bits per heavy atom. The molecule has 0 fully saturated rings. The maximum atomic E-state index is 5.66. The lowest BCUT2D eigenvalue weighted by Gasteiger charge is -2.07. The number of hydrogen-bond acceptors (Lipinski definition) is 2. The smallest absolute Gasteiger partial charge is 0.119 e. The normalized spacial score (nSPS) is 10.8. The number of ether oxygens (including phenoxy) is 1. The van der Waals surface area contributed by atoms with Crippen molar-refractivity contribution in [3.8, 4) is 5.75 Å². The van der Waals surface area contributed by atoms with E-state index in [0.717, 1.165) is 24.0 Å². The SMILES string of the molecule is Cc1ccc(OCCCCSC(C)C)cc1. The number of thioether (sulfide) groups is 1. The fourth-order valence-electron chi connectivity index (χ4n) is 1.35. The van der Waals surface area contributed by atoms with Gasteiger partial charge in [0.2, 0.25) is 0 Å². The maximum Gasteiger partial charge on any atom is 0.119 e. The van der Waals surface area contributed by atoms with Gasteiger partial charge in [-0.2, -0.15) is 11.8 Å². The Morgan fingerprint density at radius 1 is 1.12 bits per heavy atom. The zero-order valence-electron chi connectivity index (χ0n) is 10.5. The molecule has 0 aliphatic rings. The van der Waals surface area contributed by atoms with Crippen LogP contribution in [0, 0.1) is 6.92 Å². The van der Waals surface area contributed by atoms with E-state index in [4.69, 9.17) is 4.74 Å². The van der Waals surface area contributed by atoms with Crippen LogP contribution in [0.3, 0.4) is 0 Å². The van der Waals surface area contributed by atoms with Crippen molar-refractivity contribution in [2.75, 3.05) is 12.4 Å². The van der Waals surface area contributed by atoms with E-state index < -0.39 is 0 Å². The molecule has 2 heteroatoms. The molecule has 0 bridgehead atoms. The average molecular weight is 238 g/mol. The third-order valence-electron chi connectivity index (χ3n) is 2.28. The fourth-order valence-corrected chi connectivity index (χ4v) is 2.19. The van der Waals surface area contributed by atoms with Gasteiger partial charge in [0.05, 0.1) is 6.61 Å². The quantitative estimate of drug-likeness (QED) is 0.655.